The Morgan fingerprint density at radius 3 is 2.50 bits per heavy atom. The lowest BCUT2D eigenvalue weighted by atomic mass is 9.93. The maximum atomic E-state index is 11.9. The van der Waals surface area contributed by atoms with Crippen molar-refractivity contribution in [2.45, 2.75) is 75.9 Å². The van der Waals surface area contributed by atoms with Crippen LogP contribution in [0.2, 0.25) is 0 Å². The Labute approximate surface area is 122 Å². The van der Waals surface area contributed by atoms with Gasteiger partial charge in [0.2, 0.25) is 5.91 Å². The first-order chi connectivity index (χ1) is 9.58. The van der Waals surface area contributed by atoms with E-state index in [9.17, 15) is 4.79 Å². The molecule has 2 saturated carbocycles. The fraction of sp³-hybridized carbons (Fsp3) is 0.938. The number of nitrogens with one attached hydrogen (secondary N) is 1. The molecule has 1 aliphatic heterocycles. The largest absolute Gasteiger partial charge is 0.368 e. The topological polar surface area (TPSA) is 58.4 Å². The second-order valence-electron chi connectivity index (χ2n) is 7.34. The molecule has 1 amide bonds. The maximum Gasteiger partial charge on any atom is 0.238 e. The van der Waals surface area contributed by atoms with Gasteiger partial charge >= 0.3 is 0 Å². The van der Waals surface area contributed by atoms with Crippen molar-refractivity contribution in [2.75, 3.05) is 13.1 Å². The van der Waals surface area contributed by atoms with Gasteiger partial charge in [-0.05, 0) is 57.9 Å². The first-order valence-electron chi connectivity index (χ1n) is 8.40. The fourth-order valence-electron chi connectivity index (χ4n) is 4.20. The minimum atomic E-state index is -0.553. The lowest BCUT2D eigenvalue weighted by Crippen LogP contribution is -2.61. The molecule has 20 heavy (non-hydrogen) atoms. The van der Waals surface area contributed by atoms with Crippen molar-refractivity contribution in [1.82, 2.24) is 10.2 Å². The number of rotatable bonds is 6. The van der Waals surface area contributed by atoms with Crippen LogP contribution in [-0.2, 0) is 4.79 Å². The van der Waals surface area contributed by atoms with Gasteiger partial charge < -0.3 is 5.73 Å². The van der Waals surface area contributed by atoms with Gasteiger partial charge in [0, 0.05) is 18.6 Å². The standard InChI is InChI=1S/C16H29N3O/c1-16(15(17)20,18-13-8-9-13)11-19-10-4-7-14(19)12-5-2-3-6-12/h12-14,18H,2-11H2,1H3,(H2,17,20). The van der Waals surface area contributed by atoms with Crippen molar-refractivity contribution in [2.24, 2.45) is 11.7 Å². The van der Waals surface area contributed by atoms with Gasteiger partial charge in [0.05, 0.1) is 0 Å². The van der Waals surface area contributed by atoms with Crippen LogP contribution in [0.4, 0.5) is 0 Å². The summed E-state index contributed by atoms with van der Waals surface area (Å²) in [5, 5.41) is 3.49. The summed E-state index contributed by atoms with van der Waals surface area (Å²) in [7, 11) is 0. The number of carbonyl (C=O) groups excluding carboxylic acids is 1. The zero-order valence-corrected chi connectivity index (χ0v) is 12.7. The van der Waals surface area contributed by atoms with E-state index in [4.69, 9.17) is 5.73 Å². The number of carbonyl (C=O) groups is 1. The van der Waals surface area contributed by atoms with Gasteiger partial charge in [0.1, 0.15) is 5.54 Å². The molecule has 0 aromatic rings. The zero-order valence-electron chi connectivity index (χ0n) is 12.7. The molecule has 3 aliphatic rings. The van der Waals surface area contributed by atoms with E-state index in [1.807, 2.05) is 6.92 Å². The number of nitrogens with zero attached hydrogens (tertiary/aromatic N) is 1. The Kier molecular flexibility index (Phi) is 4.04. The average molecular weight is 279 g/mol. The number of primary amides is 1. The quantitative estimate of drug-likeness (QED) is 0.777. The summed E-state index contributed by atoms with van der Waals surface area (Å²) < 4.78 is 0. The third kappa shape index (κ3) is 3.01. The van der Waals surface area contributed by atoms with Gasteiger partial charge in [0.25, 0.3) is 0 Å². The Morgan fingerprint density at radius 2 is 1.90 bits per heavy atom. The van der Waals surface area contributed by atoms with Crippen LogP contribution in [0.5, 0.6) is 0 Å². The number of amides is 1. The molecule has 2 atom stereocenters. The van der Waals surface area contributed by atoms with Crippen LogP contribution in [0.25, 0.3) is 0 Å². The predicted octanol–water partition coefficient (Wildman–Crippen LogP) is 1.64. The van der Waals surface area contributed by atoms with Gasteiger partial charge in [-0.3, -0.25) is 15.0 Å². The molecule has 0 bridgehead atoms. The minimum Gasteiger partial charge on any atom is -0.368 e. The van der Waals surface area contributed by atoms with Crippen molar-refractivity contribution < 1.29 is 4.79 Å². The predicted molar refractivity (Wildman–Crippen MR) is 80.3 cm³/mol. The van der Waals surface area contributed by atoms with Crippen molar-refractivity contribution in [3.63, 3.8) is 0 Å². The Morgan fingerprint density at radius 1 is 1.20 bits per heavy atom. The molecule has 0 radical (unpaired) electrons. The molecule has 114 valence electrons. The number of nitrogens with two attached hydrogens (primary N) is 1. The van der Waals surface area contributed by atoms with E-state index in [0.29, 0.717) is 12.1 Å². The monoisotopic (exact) mass is 279 g/mol. The SMILES string of the molecule is CC(CN1CCCC1C1CCCC1)(NC1CC1)C(N)=O. The number of likely N-dealkylation sites (tertiary alicyclic amines) is 1. The molecular weight excluding hydrogens is 250 g/mol. The molecule has 2 unspecified atom stereocenters. The highest BCUT2D eigenvalue weighted by atomic mass is 16.1. The lowest BCUT2D eigenvalue weighted by molar-refractivity contribution is -0.124. The molecule has 2 aliphatic carbocycles. The smallest absolute Gasteiger partial charge is 0.238 e. The molecule has 3 fully saturated rings. The fourth-order valence-corrected chi connectivity index (χ4v) is 4.20. The van der Waals surface area contributed by atoms with Crippen LogP contribution < -0.4 is 11.1 Å². The van der Waals surface area contributed by atoms with Crippen molar-refractivity contribution in [3.8, 4) is 0 Å². The van der Waals surface area contributed by atoms with Crippen molar-refractivity contribution >= 4 is 5.91 Å². The van der Waals surface area contributed by atoms with E-state index in [0.717, 1.165) is 19.0 Å². The van der Waals surface area contributed by atoms with Crippen LogP contribution in [0.3, 0.4) is 0 Å². The van der Waals surface area contributed by atoms with E-state index in [-0.39, 0.29) is 5.91 Å². The highest BCUT2D eigenvalue weighted by Crippen LogP contribution is 2.36. The van der Waals surface area contributed by atoms with Crippen molar-refractivity contribution in [3.05, 3.63) is 0 Å². The second-order valence-corrected chi connectivity index (χ2v) is 7.34. The second kappa shape index (κ2) is 5.64. The van der Waals surface area contributed by atoms with Crippen LogP contribution in [0.1, 0.15) is 58.3 Å². The summed E-state index contributed by atoms with van der Waals surface area (Å²) in [5.41, 5.74) is 5.14. The Balaban J connectivity index is 1.65. The highest BCUT2D eigenvalue weighted by Gasteiger charge is 2.42. The molecule has 1 heterocycles. The summed E-state index contributed by atoms with van der Waals surface area (Å²) in [5.74, 6) is 0.664. The summed E-state index contributed by atoms with van der Waals surface area (Å²) in [4.78, 5) is 14.5. The van der Waals surface area contributed by atoms with E-state index >= 15 is 0 Å². The molecule has 0 spiro atoms. The minimum absolute atomic E-state index is 0.193. The average Bonchev–Trinajstić information content (AvgIpc) is 2.91. The molecule has 4 nitrogen and oxygen atoms in total. The van der Waals surface area contributed by atoms with Gasteiger partial charge in [0.15, 0.2) is 0 Å². The van der Waals surface area contributed by atoms with E-state index < -0.39 is 5.54 Å². The van der Waals surface area contributed by atoms with Gasteiger partial charge in [-0.2, -0.15) is 0 Å². The van der Waals surface area contributed by atoms with Gasteiger partial charge in [-0.1, -0.05) is 12.8 Å². The number of hydrogen-bond donors (Lipinski definition) is 2. The molecule has 0 aromatic heterocycles. The van der Waals surface area contributed by atoms with Gasteiger partial charge in [-0.15, -0.1) is 0 Å². The van der Waals surface area contributed by atoms with Crippen molar-refractivity contribution in [1.29, 1.82) is 0 Å². The Hall–Kier alpha value is -0.610. The maximum absolute atomic E-state index is 11.9. The van der Waals surface area contributed by atoms with E-state index in [1.165, 1.54) is 51.4 Å². The van der Waals surface area contributed by atoms with E-state index in [2.05, 4.69) is 10.2 Å². The normalized spacial score (nSPS) is 31.6. The number of hydrogen-bond acceptors (Lipinski definition) is 3. The highest BCUT2D eigenvalue weighted by molar-refractivity contribution is 5.84. The zero-order chi connectivity index (χ0) is 14.2. The lowest BCUT2D eigenvalue weighted by Gasteiger charge is -2.37. The van der Waals surface area contributed by atoms with E-state index in [1.54, 1.807) is 0 Å². The third-order valence-corrected chi connectivity index (χ3v) is 5.52. The molecule has 0 aromatic carbocycles. The van der Waals surface area contributed by atoms with Crippen LogP contribution in [0.15, 0.2) is 0 Å². The third-order valence-electron chi connectivity index (χ3n) is 5.52. The summed E-state index contributed by atoms with van der Waals surface area (Å²) in [6.07, 6.45) is 10.5. The Bertz CT molecular complexity index is 363. The van der Waals surface area contributed by atoms with Crippen LogP contribution in [0, 0.1) is 5.92 Å². The molecular formula is C16H29N3O. The molecule has 4 heteroatoms. The first kappa shape index (κ1) is 14.3. The first-order valence-corrected chi connectivity index (χ1v) is 8.40. The summed E-state index contributed by atoms with van der Waals surface area (Å²) >= 11 is 0. The molecule has 3 rings (SSSR count). The molecule has 1 saturated heterocycles. The molecule has 3 N–H and O–H groups in total. The summed E-state index contributed by atoms with van der Waals surface area (Å²) in [6, 6.07) is 1.21. The van der Waals surface area contributed by atoms with Gasteiger partial charge in [-0.25, -0.2) is 0 Å². The van der Waals surface area contributed by atoms with Crippen LogP contribution >= 0.6 is 0 Å². The van der Waals surface area contributed by atoms with Crippen LogP contribution in [-0.4, -0.2) is 41.5 Å². The summed E-state index contributed by atoms with van der Waals surface area (Å²) in [6.45, 7) is 3.92.